The molecule has 2 heterocycles. The number of amides is 1. The second-order valence-corrected chi connectivity index (χ2v) is 16.1. The molecule has 0 unspecified atom stereocenters. The summed E-state index contributed by atoms with van der Waals surface area (Å²) in [5.41, 5.74) is 9.81. The molecule has 7 heteroatoms. The Bertz CT molecular complexity index is 1440. The van der Waals surface area contributed by atoms with E-state index in [0.717, 1.165) is 32.2 Å². The van der Waals surface area contributed by atoms with Gasteiger partial charge in [0.25, 0.3) is 0 Å². The van der Waals surface area contributed by atoms with Crippen LogP contribution in [0.4, 0.5) is 4.79 Å². The summed E-state index contributed by atoms with van der Waals surface area (Å²) in [4.78, 5) is 11.7. The Kier molecular flexibility index (Phi) is 12.9. The fraction of sp³-hybridized carbons (Fsp3) is 0.514. The summed E-state index contributed by atoms with van der Waals surface area (Å²) in [6.07, 6.45) is 3.78. The van der Waals surface area contributed by atoms with Crippen molar-refractivity contribution in [3.05, 3.63) is 69.4 Å². The van der Waals surface area contributed by atoms with Crippen LogP contribution >= 0.6 is 22.7 Å². The van der Waals surface area contributed by atoms with E-state index in [1.54, 1.807) is 11.3 Å². The standard InChI is InChI=1S/C20H29NO2S.C15H21NS.ClH/c1-19(2,3)12-15-13-24-17-14(8-7-9-16(15)17)10-11-21-18(22)23-20(4,5)6;1-15(2,3)9-12-10-17-14-11(7-8-16)5-4-6-13(12)14;/h7-9,13H,10-12H2,1-6H3,(H,21,22);4-6,10H,7-9,16H2,1-3H3;1H. The summed E-state index contributed by atoms with van der Waals surface area (Å²) in [7, 11) is 0. The molecule has 0 saturated heterocycles. The Morgan fingerprint density at radius 1 is 0.738 bits per heavy atom. The number of hydrogen-bond donors (Lipinski definition) is 2. The molecule has 0 aliphatic heterocycles. The predicted octanol–water partition coefficient (Wildman–Crippen LogP) is 5.84. The van der Waals surface area contributed by atoms with Crippen LogP contribution in [-0.4, -0.2) is 24.8 Å². The van der Waals surface area contributed by atoms with Gasteiger partial charge in [0.15, 0.2) is 0 Å². The van der Waals surface area contributed by atoms with Gasteiger partial charge in [0.1, 0.15) is 5.60 Å². The fourth-order valence-corrected chi connectivity index (χ4v) is 7.19. The number of quaternary nitrogens is 1. The van der Waals surface area contributed by atoms with Gasteiger partial charge in [-0.05, 0) is 94.7 Å². The van der Waals surface area contributed by atoms with Crippen LogP contribution in [0.5, 0.6) is 0 Å². The maximum absolute atomic E-state index is 11.7. The maximum atomic E-state index is 11.7. The van der Waals surface area contributed by atoms with Gasteiger partial charge in [0.2, 0.25) is 0 Å². The highest BCUT2D eigenvalue weighted by Crippen LogP contribution is 2.34. The molecule has 0 radical (unpaired) electrons. The number of hydrogen-bond acceptors (Lipinski definition) is 4. The zero-order valence-corrected chi connectivity index (χ0v) is 29.5. The number of benzene rings is 2. The summed E-state index contributed by atoms with van der Waals surface area (Å²) >= 11 is 3.70. The number of rotatable bonds is 7. The first kappa shape index (κ1) is 36.1. The number of carbonyl (C=O) groups is 1. The Labute approximate surface area is 267 Å². The molecule has 4 aromatic rings. The first-order chi connectivity index (χ1) is 19.1. The number of thiophene rings is 2. The van der Waals surface area contributed by atoms with Crippen LogP contribution in [0.2, 0.25) is 0 Å². The van der Waals surface area contributed by atoms with Crippen molar-refractivity contribution in [1.29, 1.82) is 0 Å². The third-order valence-corrected chi connectivity index (χ3v) is 8.71. The molecule has 4 N–H and O–H groups in total. The van der Waals surface area contributed by atoms with E-state index in [-0.39, 0.29) is 23.9 Å². The first-order valence-corrected chi connectivity index (χ1v) is 16.5. The van der Waals surface area contributed by atoms with Gasteiger partial charge >= 0.3 is 6.09 Å². The highest BCUT2D eigenvalue weighted by molar-refractivity contribution is 7.17. The Morgan fingerprint density at radius 3 is 1.60 bits per heavy atom. The minimum absolute atomic E-state index is 0. The van der Waals surface area contributed by atoms with Gasteiger partial charge in [-0.2, -0.15) is 0 Å². The maximum Gasteiger partial charge on any atom is 0.407 e. The number of nitrogens with one attached hydrogen (secondary N) is 1. The van der Waals surface area contributed by atoms with E-state index >= 15 is 0 Å². The van der Waals surface area contributed by atoms with Gasteiger partial charge < -0.3 is 28.2 Å². The highest BCUT2D eigenvalue weighted by atomic mass is 35.5. The molecule has 0 aliphatic rings. The van der Waals surface area contributed by atoms with Crippen molar-refractivity contribution < 1.29 is 27.7 Å². The van der Waals surface area contributed by atoms with Crippen molar-refractivity contribution in [3.8, 4) is 0 Å². The molecule has 0 fully saturated rings. The summed E-state index contributed by atoms with van der Waals surface area (Å²) < 4.78 is 8.08. The van der Waals surface area contributed by atoms with Crippen molar-refractivity contribution in [2.75, 3.05) is 13.1 Å². The molecule has 0 aliphatic carbocycles. The van der Waals surface area contributed by atoms with E-state index in [4.69, 9.17) is 4.74 Å². The number of carbonyl (C=O) groups excluding carboxylic acids is 1. The van der Waals surface area contributed by atoms with Crippen LogP contribution in [0.3, 0.4) is 0 Å². The lowest BCUT2D eigenvalue weighted by Gasteiger charge is -2.19. The molecule has 2 aromatic carbocycles. The molecule has 1 amide bonds. The fourth-order valence-electron chi connectivity index (χ4n) is 4.95. The van der Waals surface area contributed by atoms with E-state index in [2.05, 4.69) is 99.8 Å². The number of fused-ring (bicyclic) bond motifs is 2. The number of ether oxygens (including phenoxy) is 1. The van der Waals surface area contributed by atoms with Crippen LogP contribution in [0.15, 0.2) is 47.2 Å². The minimum atomic E-state index is -0.459. The van der Waals surface area contributed by atoms with Crippen LogP contribution < -0.4 is 23.5 Å². The monoisotopic (exact) mass is 630 g/mol. The van der Waals surface area contributed by atoms with Gasteiger partial charge in [-0.1, -0.05) is 77.9 Å². The molecule has 0 bridgehead atoms. The summed E-state index contributed by atoms with van der Waals surface area (Å²) in [5.74, 6) is 0. The molecule has 4 nitrogen and oxygen atoms in total. The first-order valence-electron chi connectivity index (χ1n) is 14.8. The molecule has 0 atom stereocenters. The van der Waals surface area contributed by atoms with Crippen molar-refractivity contribution in [3.63, 3.8) is 0 Å². The lowest BCUT2D eigenvalue weighted by Crippen LogP contribution is -3.00. The molecular formula is C35H51ClN2O2S2. The van der Waals surface area contributed by atoms with Crippen LogP contribution in [0, 0.1) is 10.8 Å². The van der Waals surface area contributed by atoms with E-state index in [0.29, 0.717) is 12.0 Å². The summed E-state index contributed by atoms with van der Waals surface area (Å²) in [6, 6.07) is 13.2. The van der Waals surface area contributed by atoms with Crippen LogP contribution in [-0.2, 0) is 30.4 Å². The molecular weight excluding hydrogens is 580 g/mol. The third kappa shape index (κ3) is 11.2. The van der Waals surface area contributed by atoms with Gasteiger partial charge in [0, 0.05) is 22.4 Å². The lowest BCUT2D eigenvalue weighted by atomic mass is 9.88. The average Bonchev–Trinajstić information content (AvgIpc) is 3.42. The highest BCUT2D eigenvalue weighted by Gasteiger charge is 2.18. The second kappa shape index (κ2) is 15.1. The molecule has 42 heavy (non-hydrogen) atoms. The largest absolute Gasteiger partial charge is 1.00 e. The normalized spacial score (nSPS) is 12.0. The van der Waals surface area contributed by atoms with Crippen LogP contribution in [0.25, 0.3) is 20.2 Å². The van der Waals surface area contributed by atoms with E-state index in [1.165, 1.54) is 42.4 Å². The van der Waals surface area contributed by atoms with Gasteiger partial charge in [-0.3, -0.25) is 0 Å². The topological polar surface area (TPSA) is 66.0 Å². The smallest absolute Gasteiger partial charge is 0.407 e. The molecule has 0 saturated carbocycles. The molecule has 2 aromatic heterocycles. The Balaban J connectivity index is 0.000000302. The van der Waals surface area contributed by atoms with Crippen molar-refractivity contribution >= 4 is 48.9 Å². The van der Waals surface area contributed by atoms with E-state index in [9.17, 15) is 4.79 Å². The summed E-state index contributed by atoms with van der Waals surface area (Å²) in [6.45, 7) is 20.9. The Morgan fingerprint density at radius 2 is 1.19 bits per heavy atom. The Hall–Kier alpha value is -2.12. The second-order valence-electron chi connectivity index (χ2n) is 14.4. The predicted molar refractivity (Wildman–Crippen MR) is 179 cm³/mol. The third-order valence-electron chi connectivity index (χ3n) is 6.47. The zero-order valence-electron chi connectivity index (χ0n) is 27.1. The van der Waals surface area contributed by atoms with Gasteiger partial charge in [-0.25, -0.2) is 4.79 Å². The molecule has 232 valence electrons. The minimum Gasteiger partial charge on any atom is -1.00 e. The molecule has 0 spiro atoms. The number of halogens is 1. The number of alkyl carbamates (subject to hydrolysis) is 1. The van der Waals surface area contributed by atoms with Crippen molar-refractivity contribution in [1.82, 2.24) is 5.32 Å². The van der Waals surface area contributed by atoms with Crippen LogP contribution in [0.1, 0.15) is 84.6 Å². The van der Waals surface area contributed by atoms with Gasteiger partial charge in [-0.15, -0.1) is 22.7 Å². The van der Waals surface area contributed by atoms with E-state index < -0.39 is 5.60 Å². The zero-order chi connectivity index (χ0) is 30.4. The lowest BCUT2D eigenvalue weighted by molar-refractivity contribution is -0.366. The SMILES string of the molecule is CC(C)(C)Cc1csc2c(CCNC(=O)OC(C)(C)C)cccc12.CC(C)(C)Cc1csc2c(CC[NH3+])cccc12.[Cl-]. The average molecular weight is 631 g/mol. The van der Waals surface area contributed by atoms with Crippen molar-refractivity contribution in [2.45, 2.75) is 93.6 Å². The van der Waals surface area contributed by atoms with Gasteiger partial charge in [0.05, 0.1) is 6.54 Å². The van der Waals surface area contributed by atoms with Crippen molar-refractivity contribution in [2.24, 2.45) is 10.8 Å². The quantitative estimate of drug-likeness (QED) is 0.270. The van der Waals surface area contributed by atoms with E-state index in [1.807, 2.05) is 32.1 Å². The summed E-state index contributed by atoms with van der Waals surface area (Å²) in [5, 5.41) is 10.3. The molecule has 4 rings (SSSR count).